The number of rotatable bonds is 6. The Kier molecular flexibility index (Phi) is 8.57. The Morgan fingerprint density at radius 1 is 1.21 bits per heavy atom. The number of benzene rings is 1. The molecular weight excluding hydrogens is 268 g/mol. The number of hydrogen-bond donors (Lipinski definition) is 2. The van der Waals surface area contributed by atoms with Gasteiger partial charge in [0.2, 0.25) is 5.91 Å². The van der Waals surface area contributed by atoms with Gasteiger partial charge in [-0.05, 0) is 31.2 Å². The number of likely N-dealkylation sites (N-methyl/N-ethyl adjacent to an activating group) is 1. The van der Waals surface area contributed by atoms with Gasteiger partial charge < -0.3 is 15.4 Å². The highest BCUT2D eigenvalue weighted by Gasteiger charge is 2.04. The summed E-state index contributed by atoms with van der Waals surface area (Å²) in [5.74, 6) is -0.368. The van der Waals surface area contributed by atoms with Crippen molar-refractivity contribution < 1.29 is 14.3 Å². The maximum Gasteiger partial charge on any atom is 0.337 e. The van der Waals surface area contributed by atoms with Gasteiger partial charge in [-0.2, -0.15) is 0 Å². The van der Waals surface area contributed by atoms with Crippen LogP contribution >= 0.6 is 12.4 Å². The Morgan fingerprint density at radius 3 is 2.37 bits per heavy atom. The summed E-state index contributed by atoms with van der Waals surface area (Å²) < 4.78 is 4.61. The molecule has 0 heterocycles. The SMILES string of the molecule is CNCC(=O)NCCc1ccc(C(=O)OC)cc1.Cl. The van der Waals surface area contributed by atoms with Crippen molar-refractivity contribution >= 4 is 24.3 Å². The van der Waals surface area contributed by atoms with Gasteiger partial charge in [0, 0.05) is 6.54 Å². The van der Waals surface area contributed by atoms with Gasteiger partial charge in [-0.3, -0.25) is 4.79 Å². The molecule has 0 saturated heterocycles. The molecule has 106 valence electrons. The van der Waals surface area contributed by atoms with Crippen molar-refractivity contribution in [2.75, 3.05) is 27.2 Å². The second-order valence-corrected chi connectivity index (χ2v) is 3.82. The molecule has 0 saturated carbocycles. The number of halogens is 1. The van der Waals surface area contributed by atoms with Gasteiger partial charge in [-0.1, -0.05) is 12.1 Å². The molecule has 1 amide bonds. The number of amides is 1. The molecule has 2 N–H and O–H groups in total. The zero-order chi connectivity index (χ0) is 13.4. The molecule has 0 spiro atoms. The third-order valence-corrected chi connectivity index (χ3v) is 2.45. The fourth-order valence-corrected chi connectivity index (χ4v) is 1.49. The van der Waals surface area contributed by atoms with Gasteiger partial charge in [0.05, 0.1) is 19.2 Å². The minimum Gasteiger partial charge on any atom is -0.465 e. The van der Waals surface area contributed by atoms with E-state index in [9.17, 15) is 9.59 Å². The largest absolute Gasteiger partial charge is 0.465 e. The van der Waals surface area contributed by atoms with Crippen LogP contribution in [0.15, 0.2) is 24.3 Å². The lowest BCUT2D eigenvalue weighted by Crippen LogP contribution is -2.33. The lowest BCUT2D eigenvalue weighted by Gasteiger charge is -2.05. The van der Waals surface area contributed by atoms with Crippen molar-refractivity contribution in [3.05, 3.63) is 35.4 Å². The molecule has 5 nitrogen and oxygen atoms in total. The van der Waals surface area contributed by atoms with Crippen LogP contribution in [0.4, 0.5) is 0 Å². The minimum absolute atomic E-state index is 0. The molecule has 0 atom stereocenters. The maximum atomic E-state index is 11.2. The molecule has 1 aromatic rings. The highest BCUT2D eigenvalue weighted by Crippen LogP contribution is 2.05. The van der Waals surface area contributed by atoms with Crippen molar-refractivity contribution in [2.45, 2.75) is 6.42 Å². The first-order valence-corrected chi connectivity index (χ1v) is 5.76. The fourth-order valence-electron chi connectivity index (χ4n) is 1.49. The van der Waals surface area contributed by atoms with Gasteiger partial charge in [0.1, 0.15) is 0 Å². The topological polar surface area (TPSA) is 67.4 Å². The molecule has 0 aromatic heterocycles. The zero-order valence-corrected chi connectivity index (χ0v) is 11.9. The average molecular weight is 287 g/mol. The molecule has 19 heavy (non-hydrogen) atoms. The number of carbonyl (C=O) groups excluding carboxylic acids is 2. The summed E-state index contributed by atoms with van der Waals surface area (Å²) in [5.41, 5.74) is 1.59. The second-order valence-electron chi connectivity index (χ2n) is 3.82. The van der Waals surface area contributed by atoms with Crippen molar-refractivity contribution in [3.63, 3.8) is 0 Å². The van der Waals surface area contributed by atoms with E-state index in [2.05, 4.69) is 15.4 Å². The summed E-state index contributed by atoms with van der Waals surface area (Å²) in [6.07, 6.45) is 0.733. The molecule has 0 radical (unpaired) electrons. The van der Waals surface area contributed by atoms with E-state index in [-0.39, 0.29) is 24.3 Å². The molecule has 0 unspecified atom stereocenters. The molecule has 1 aromatic carbocycles. The van der Waals surface area contributed by atoms with Crippen molar-refractivity contribution in [1.29, 1.82) is 0 Å². The third-order valence-electron chi connectivity index (χ3n) is 2.45. The van der Waals surface area contributed by atoms with Crippen molar-refractivity contribution in [2.24, 2.45) is 0 Å². The van der Waals surface area contributed by atoms with Crippen LogP contribution < -0.4 is 10.6 Å². The normalized spacial score (nSPS) is 9.37. The molecule has 1 rings (SSSR count). The van der Waals surface area contributed by atoms with E-state index in [0.717, 1.165) is 12.0 Å². The van der Waals surface area contributed by atoms with E-state index in [0.29, 0.717) is 18.7 Å². The van der Waals surface area contributed by atoms with Crippen LogP contribution in [-0.4, -0.2) is 39.1 Å². The fraction of sp³-hybridized carbons (Fsp3) is 0.385. The van der Waals surface area contributed by atoms with E-state index in [1.165, 1.54) is 7.11 Å². The number of esters is 1. The lowest BCUT2D eigenvalue weighted by molar-refractivity contribution is -0.120. The zero-order valence-electron chi connectivity index (χ0n) is 11.1. The summed E-state index contributed by atoms with van der Waals surface area (Å²) in [6.45, 7) is 0.902. The van der Waals surface area contributed by atoms with Crippen LogP contribution in [0.2, 0.25) is 0 Å². The Bertz CT molecular complexity index is 407. The van der Waals surface area contributed by atoms with E-state index in [1.807, 2.05) is 12.1 Å². The van der Waals surface area contributed by atoms with Crippen molar-refractivity contribution in [1.82, 2.24) is 10.6 Å². The van der Waals surface area contributed by atoms with E-state index in [1.54, 1.807) is 19.2 Å². The highest BCUT2D eigenvalue weighted by atomic mass is 35.5. The summed E-state index contributed by atoms with van der Waals surface area (Å²) in [7, 11) is 3.08. The first-order valence-electron chi connectivity index (χ1n) is 5.76. The predicted molar refractivity (Wildman–Crippen MR) is 75.7 cm³/mol. The Labute approximate surface area is 119 Å². The molecule has 0 aliphatic heterocycles. The van der Waals surface area contributed by atoms with E-state index in [4.69, 9.17) is 0 Å². The smallest absolute Gasteiger partial charge is 0.337 e. The number of carbonyl (C=O) groups is 2. The number of hydrogen-bond acceptors (Lipinski definition) is 4. The van der Waals surface area contributed by atoms with Crippen LogP contribution in [0.3, 0.4) is 0 Å². The Balaban J connectivity index is 0.00000324. The predicted octanol–water partition coefficient (Wildman–Crippen LogP) is 0.773. The second kappa shape index (κ2) is 9.35. The summed E-state index contributed by atoms with van der Waals surface area (Å²) in [5, 5.41) is 5.57. The molecule has 6 heteroatoms. The molecular formula is C13H19ClN2O3. The quantitative estimate of drug-likeness (QED) is 0.758. The van der Waals surface area contributed by atoms with Crippen molar-refractivity contribution in [3.8, 4) is 0 Å². The van der Waals surface area contributed by atoms with Gasteiger partial charge in [-0.15, -0.1) is 12.4 Å². The monoisotopic (exact) mass is 286 g/mol. The van der Waals surface area contributed by atoms with Crippen LogP contribution in [0.5, 0.6) is 0 Å². The summed E-state index contributed by atoms with van der Waals surface area (Å²) >= 11 is 0. The lowest BCUT2D eigenvalue weighted by atomic mass is 10.1. The molecule has 0 fully saturated rings. The highest BCUT2D eigenvalue weighted by molar-refractivity contribution is 5.89. The van der Waals surface area contributed by atoms with Gasteiger partial charge >= 0.3 is 5.97 Å². The standard InChI is InChI=1S/C13H18N2O3.ClH/c1-14-9-12(16)15-8-7-10-3-5-11(6-4-10)13(17)18-2;/h3-6,14H,7-9H2,1-2H3,(H,15,16);1H. The number of ether oxygens (including phenoxy) is 1. The average Bonchev–Trinajstić information content (AvgIpc) is 2.39. The Morgan fingerprint density at radius 2 is 1.84 bits per heavy atom. The van der Waals surface area contributed by atoms with Crippen LogP contribution in [0, 0.1) is 0 Å². The van der Waals surface area contributed by atoms with Gasteiger partial charge in [0.15, 0.2) is 0 Å². The maximum absolute atomic E-state index is 11.2. The molecule has 0 aliphatic rings. The minimum atomic E-state index is -0.344. The van der Waals surface area contributed by atoms with E-state index >= 15 is 0 Å². The summed E-state index contributed by atoms with van der Waals surface area (Å²) in [4.78, 5) is 22.4. The number of nitrogens with one attached hydrogen (secondary N) is 2. The first-order chi connectivity index (χ1) is 8.67. The van der Waals surface area contributed by atoms with Gasteiger partial charge in [0.25, 0.3) is 0 Å². The van der Waals surface area contributed by atoms with Crippen LogP contribution in [-0.2, 0) is 16.0 Å². The van der Waals surface area contributed by atoms with Gasteiger partial charge in [-0.25, -0.2) is 4.79 Å². The third kappa shape index (κ3) is 6.22. The molecule has 0 bridgehead atoms. The summed E-state index contributed by atoms with van der Waals surface area (Å²) in [6, 6.07) is 7.15. The van der Waals surface area contributed by atoms with E-state index < -0.39 is 0 Å². The molecule has 0 aliphatic carbocycles. The van der Waals surface area contributed by atoms with Crippen LogP contribution in [0.1, 0.15) is 15.9 Å². The number of methoxy groups -OCH3 is 1. The van der Waals surface area contributed by atoms with Crippen LogP contribution in [0.25, 0.3) is 0 Å². The first kappa shape index (κ1) is 17.4. The Hall–Kier alpha value is -1.59.